The van der Waals surface area contributed by atoms with Crippen LogP contribution in [0.2, 0.25) is 0 Å². The van der Waals surface area contributed by atoms with Crippen molar-refractivity contribution in [2.24, 2.45) is 0 Å². The van der Waals surface area contributed by atoms with Gasteiger partial charge in [0.05, 0.1) is 12.9 Å². The van der Waals surface area contributed by atoms with Crippen molar-refractivity contribution in [1.82, 2.24) is 4.98 Å². The average Bonchev–Trinajstić information content (AvgIpc) is 3.48. The molecule has 4 rings (SSSR count). The molecule has 0 radical (unpaired) electrons. The Bertz CT molecular complexity index is 1110. The van der Waals surface area contributed by atoms with E-state index < -0.39 is 0 Å². The van der Waals surface area contributed by atoms with Crippen molar-refractivity contribution in [3.8, 4) is 16.9 Å². The molecule has 2 aromatic heterocycles. The van der Waals surface area contributed by atoms with Crippen molar-refractivity contribution < 1.29 is 18.7 Å². The first-order valence-corrected chi connectivity index (χ1v) is 10.9. The van der Waals surface area contributed by atoms with Crippen molar-refractivity contribution in [2.75, 3.05) is 6.61 Å². The zero-order chi connectivity index (χ0) is 22.2. The number of carbonyl (C=O) groups excluding carboxylic acids is 1. The number of esters is 1. The SMILES string of the molecule is CCOC(=O)CCc1c(-c2ccccc2)c[nH]c1Cc1ccc(OCc2ccco2)cc1. The molecular weight excluding hydrogens is 402 g/mol. The van der Waals surface area contributed by atoms with Gasteiger partial charge in [0, 0.05) is 30.3 Å². The highest BCUT2D eigenvalue weighted by Crippen LogP contribution is 2.29. The number of benzene rings is 2. The lowest BCUT2D eigenvalue weighted by atomic mass is 9.96. The fourth-order valence-corrected chi connectivity index (χ4v) is 3.73. The quantitative estimate of drug-likeness (QED) is 0.317. The maximum absolute atomic E-state index is 12.0. The Kier molecular flexibility index (Phi) is 7.08. The van der Waals surface area contributed by atoms with Gasteiger partial charge in [-0.3, -0.25) is 4.79 Å². The Hall–Kier alpha value is -3.73. The first-order chi connectivity index (χ1) is 15.7. The highest BCUT2D eigenvalue weighted by Gasteiger charge is 2.15. The van der Waals surface area contributed by atoms with Gasteiger partial charge in [0.1, 0.15) is 18.1 Å². The van der Waals surface area contributed by atoms with Crippen LogP contribution in [0.5, 0.6) is 5.75 Å². The molecule has 0 unspecified atom stereocenters. The molecule has 1 N–H and O–H groups in total. The summed E-state index contributed by atoms with van der Waals surface area (Å²) in [5, 5.41) is 0. The van der Waals surface area contributed by atoms with Crippen molar-refractivity contribution in [2.45, 2.75) is 32.8 Å². The van der Waals surface area contributed by atoms with Crippen LogP contribution in [0, 0.1) is 0 Å². The van der Waals surface area contributed by atoms with E-state index in [2.05, 4.69) is 29.2 Å². The lowest BCUT2D eigenvalue weighted by Crippen LogP contribution is -2.06. The molecule has 0 aliphatic heterocycles. The number of carbonyl (C=O) groups is 1. The van der Waals surface area contributed by atoms with Crippen molar-refractivity contribution in [3.63, 3.8) is 0 Å². The molecule has 0 saturated carbocycles. The second kappa shape index (κ2) is 10.5. The average molecular weight is 430 g/mol. The van der Waals surface area contributed by atoms with Gasteiger partial charge in [-0.2, -0.15) is 0 Å². The van der Waals surface area contributed by atoms with E-state index in [0.717, 1.165) is 45.9 Å². The second-order valence-electron chi connectivity index (χ2n) is 7.52. The van der Waals surface area contributed by atoms with Crippen LogP contribution in [-0.2, 0) is 29.0 Å². The minimum atomic E-state index is -0.170. The van der Waals surface area contributed by atoms with Crippen LogP contribution in [-0.4, -0.2) is 17.6 Å². The van der Waals surface area contributed by atoms with Crippen LogP contribution in [0.25, 0.3) is 11.1 Å². The summed E-state index contributed by atoms with van der Waals surface area (Å²) in [5.74, 6) is 1.42. The Balaban J connectivity index is 1.49. The van der Waals surface area contributed by atoms with Gasteiger partial charge in [-0.1, -0.05) is 42.5 Å². The van der Waals surface area contributed by atoms with Crippen LogP contribution in [0.3, 0.4) is 0 Å². The van der Waals surface area contributed by atoms with Gasteiger partial charge < -0.3 is 18.9 Å². The van der Waals surface area contributed by atoms with Gasteiger partial charge in [0.25, 0.3) is 0 Å². The maximum Gasteiger partial charge on any atom is 0.306 e. The van der Waals surface area contributed by atoms with Crippen LogP contribution in [0.15, 0.2) is 83.6 Å². The summed E-state index contributed by atoms with van der Waals surface area (Å²) in [5.41, 5.74) is 5.69. The topological polar surface area (TPSA) is 64.5 Å². The zero-order valence-corrected chi connectivity index (χ0v) is 18.2. The molecule has 4 aromatic rings. The minimum Gasteiger partial charge on any atom is -0.486 e. The number of nitrogens with one attached hydrogen (secondary N) is 1. The fourth-order valence-electron chi connectivity index (χ4n) is 3.73. The highest BCUT2D eigenvalue weighted by molar-refractivity contribution is 5.72. The lowest BCUT2D eigenvalue weighted by Gasteiger charge is -2.09. The Morgan fingerprint density at radius 3 is 2.53 bits per heavy atom. The van der Waals surface area contributed by atoms with Crippen molar-refractivity contribution in [3.05, 3.63) is 102 Å². The monoisotopic (exact) mass is 429 g/mol. The molecule has 164 valence electrons. The lowest BCUT2D eigenvalue weighted by molar-refractivity contribution is -0.143. The molecular formula is C27H27NO4. The summed E-state index contributed by atoms with van der Waals surface area (Å²) in [4.78, 5) is 15.4. The predicted molar refractivity (Wildman–Crippen MR) is 123 cm³/mol. The number of rotatable bonds is 10. The summed E-state index contributed by atoms with van der Waals surface area (Å²) in [7, 11) is 0. The van der Waals surface area contributed by atoms with E-state index in [1.807, 2.05) is 55.6 Å². The van der Waals surface area contributed by atoms with E-state index in [0.29, 0.717) is 26.1 Å². The van der Waals surface area contributed by atoms with Gasteiger partial charge in [-0.15, -0.1) is 0 Å². The molecule has 0 bridgehead atoms. The highest BCUT2D eigenvalue weighted by atomic mass is 16.5. The van der Waals surface area contributed by atoms with E-state index >= 15 is 0 Å². The molecule has 2 heterocycles. The van der Waals surface area contributed by atoms with Gasteiger partial charge in [0.15, 0.2) is 0 Å². The van der Waals surface area contributed by atoms with Gasteiger partial charge >= 0.3 is 5.97 Å². The van der Waals surface area contributed by atoms with Crippen LogP contribution in [0.1, 0.15) is 35.9 Å². The molecule has 2 aromatic carbocycles. The van der Waals surface area contributed by atoms with E-state index in [1.54, 1.807) is 6.26 Å². The number of H-pyrrole nitrogens is 1. The van der Waals surface area contributed by atoms with Crippen molar-refractivity contribution >= 4 is 5.97 Å². The number of aromatic nitrogens is 1. The minimum absolute atomic E-state index is 0.170. The molecule has 32 heavy (non-hydrogen) atoms. The van der Waals surface area contributed by atoms with Crippen LogP contribution >= 0.6 is 0 Å². The maximum atomic E-state index is 12.0. The molecule has 0 amide bonds. The van der Waals surface area contributed by atoms with E-state index in [4.69, 9.17) is 13.9 Å². The Labute approximate surface area is 188 Å². The summed E-state index contributed by atoms with van der Waals surface area (Å²) in [6, 6.07) is 22.0. The molecule has 0 fully saturated rings. The summed E-state index contributed by atoms with van der Waals surface area (Å²) in [6.07, 6.45) is 5.40. The van der Waals surface area contributed by atoms with E-state index in [9.17, 15) is 4.79 Å². The molecule has 0 saturated heterocycles. The largest absolute Gasteiger partial charge is 0.486 e. The van der Waals surface area contributed by atoms with Crippen molar-refractivity contribution in [1.29, 1.82) is 0 Å². The molecule has 0 atom stereocenters. The van der Waals surface area contributed by atoms with Gasteiger partial charge in [-0.25, -0.2) is 0 Å². The third-order valence-electron chi connectivity index (χ3n) is 5.31. The summed E-state index contributed by atoms with van der Waals surface area (Å²) >= 11 is 0. The van der Waals surface area contributed by atoms with Gasteiger partial charge in [-0.05, 0) is 54.3 Å². The summed E-state index contributed by atoms with van der Waals surface area (Å²) < 4.78 is 16.2. The third-order valence-corrected chi connectivity index (χ3v) is 5.31. The normalized spacial score (nSPS) is 10.8. The predicted octanol–water partition coefficient (Wildman–Crippen LogP) is 5.94. The number of hydrogen-bond acceptors (Lipinski definition) is 4. The molecule has 5 nitrogen and oxygen atoms in total. The molecule has 0 aliphatic carbocycles. The molecule has 0 aliphatic rings. The van der Waals surface area contributed by atoms with Crippen LogP contribution < -0.4 is 4.74 Å². The standard InChI is InChI=1S/C27H27NO4/c1-2-30-27(29)15-14-24-25(21-7-4-3-5-8-21)18-28-26(24)17-20-10-12-22(13-11-20)32-19-23-9-6-16-31-23/h3-13,16,18,28H,2,14-15,17,19H2,1H3. The Morgan fingerprint density at radius 1 is 1.00 bits per heavy atom. The third kappa shape index (κ3) is 5.49. The van der Waals surface area contributed by atoms with E-state index in [-0.39, 0.29) is 5.97 Å². The molecule has 5 heteroatoms. The van der Waals surface area contributed by atoms with Crippen LogP contribution in [0.4, 0.5) is 0 Å². The number of furan rings is 1. The first-order valence-electron chi connectivity index (χ1n) is 10.9. The molecule has 0 spiro atoms. The number of hydrogen-bond donors (Lipinski definition) is 1. The number of aromatic amines is 1. The fraction of sp³-hybridized carbons (Fsp3) is 0.222. The number of ether oxygens (including phenoxy) is 2. The smallest absolute Gasteiger partial charge is 0.306 e. The Morgan fingerprint density at radius 2 is 1.81 bits per heavy atom. The second-order valence-corrected chi connectivity index (χ2v) is 7.52. The summed E-state index contributed by atoms with van der Waals surface area (Å²) in [6.45, 7) is 2.64. The van der Waals surface area contributed by atoms with Gasteiger partial charge in [0.2, 0.25) is 0 Å². The first kappa shape index (κ1) is 21.5. The van der Waals surface area contributed by atoms with E-state index in [1.165, 1.54) is 0 Å². The zero-order valence-electron chi connectivity index (χ0n) is 18.2.